The minimum absolute atomic E-state index is 0.130. The number of rotatable bonds is 2. The number of carbonyl (C=O) groups excluding carboxylic acids is 1. The molecule has 2 aliphatic heterocycles. The minimum Gasteiger partial charge on any atom is -0.363 e. The van der Waals surface area contributed by atoms with Gasteiger partial charge in [0.1, 0.15) is 18.0 Å². The van der Waals surface area contributed by atoms with Crippen LogP contribution in [0.4, 0.5) is 0 Å². The summed E-state index contributed by atoms with van der Waals surface area (Å²) in [5, 5.41) is 12.4. The topological polar surface area (TPSA) is 99.2 Å². The van der Waals surface area contributed by atoms with Crippen molar-refractivity contribution in [3.63, 3.8) is 0 Å². The molecule has 5 rings (SSSR count). The Kier molecular flexibility index (Phi) is 3.57. The molecule has 3 aromatic rings. The Morgan fingerprint density at radius 1 is 1.30 bits per heavy atom. The molecule has 0 aromatic carbocycles. The average molecular weight is 366 g/mol. The molecule has 0 bridgehead atoms. The van der Waals surface area contributed by atoms with Gasteiger partial charge in [-0.2, -0.15) is 0 Å². The zero-order chi connectivity index (χ0) is 18.4. The predicted molar refractivity (Wildman–Crippen MR) is 92.5 cm³/mol. The molecule has 1 fully saturated rings. The third-order valence-corrected chi connectivity index (χ3v) is 5.15. The highest BCUT2D eigenvalue weighted by Gasteiger charge is 2.45. The van der Waals surface area contributed by atoms with Crippen molar-refractivity contribution in [1.82, 2.24) is 29.8 Å². The molecule has 3 aromatic heterocycles. The van der Waals surface area contributed by atoms with E-state index in [1.807, 2.05) is 12.1 Å². The van der Waals surface area contributed by atoms with Crippen molar-refractivity contribution >= 4 is 5.91 Å². The van der Waals surface area contributed by atoms with E-state index < -0.39 is 5.60 Å². The first-order chi connectivity index (χ1) is 13.1. The van der Waals surface area contributed by atoms with Crippen molar-refractivity contribution in [1.29, 1.82) is 0 Å². The van der Waals surface area contributed by atoms with Crippen molar-refractivity contribution in [2.45, 2.75) is 32.1 Å². The van der Waals surface area contributed by atoms with Crippen LogP contribution in [0.2, 0.25) is 0 Å². The fourth-order valence-electron chi connectivity index (χ4n) is 3.76. The van der Waals surface area contributed by atoms with Crippen molar-refractivity contribution in [3.05, 3.63) is 47.9 Å². The van der Waals surface area contributed by atoms with E-state index in [0.29, 0.717) is 37.7 Å². The number of hydrogen-bond donors (Lipinski definition) is 0. The standard InChI is InChI=1S/C18H18N6O3/c1-12-7-14(22-27-12)17(25)23-6-4-18(10-23)11-24-15(9-26-18)20-21-16(24)13-3-2-5-19-8-13/h2-3,5,7-8H,4,6,9-11H2,1H3. The van der Waals surface area contributed by atoms with Gasteiger partial charge in [-0.1, -0.05) is 5.16 Å². The predicted octanol–water partition coefficient (Wildman–Crippen LogP) is 1.45. The SMILES string of the molecule is Cc1cc(C(=O)N2CCC3(C2)Cn2c(nnc2-c2cccnc2)CO3)no1. The first-order valence-electron chi connectivity index (χ1n) is 8.83. The summed E-state index contributed by atoms with van der Waals surface area (Å²) in [6.45, 7) is 3.86. The van der Waals surface area contributed by atoms with Crippen molar-refractivity contribution < 1.29 is 14.1 Å². The molecule has 27 heavy (non-hydrogen) atoms. The van der Waals surface area contributed by atoms with Crippen molar-refractivity contribution in [3.8, 4) is 11.4 Å². The molecule has 0 radical (unpaired) electrons. The van der Waals surface area contributed by atoms with Crippen LogP contribution in [0.25, 0.3) is 11.4 Å². The maximum Gasteiger partial charge on any atom is 0.276 e. The Morgan fingerprint density at radius 3 is 3.00 bits per heavy atom. The fraction of sp³-hybridized carbons (Fsp3) is 0.389. The smallest absolute Gasteiger partial charge is 0.276 e. The first kappa shape index (κ1) is 16.1. The number of likely N-dealkylation sites (tertiary alicyclic amines) is 1. The summed E-state index contributed by atoms with van der Waals surface area (Å²) < 4.78 is 13.3. The summed E-state index contributed by atoms with van der Waals surface area (Å²) >= 11 is 0. The van der Waals surface area contributed by atoms with E-state index in [4.69, 9.17) is 9.26 Å². The number of aromatic nitrogens is 5. The zero-order valence-corrected chi connectivity index (χ0v) is 14.8. The molecule has 1 spiro atoms. The van der Waals surface area contributed by atoms with Crippen molar-refractivity contribution in [2.75, 3.05) is 13.1 Å². The third kappa shape index (κ3) is 2.71. The molecule has 2 aliphatic rings. The van der Waals surface area contributed by atoms with Gasteiger partial charge in [-0.25, -0.2) is 0 Å². The molecule has 1 unspecified atom stereocenters. The van der Waals surface area contributed by atoms with E-state index in [9.17, 15) is 4.79 Å². The van der Waals surface area contributed by atoms with Gasteiger partial charge < -0.3 is 18.7 Å². The van der Waals surface area contributed by atoms with Gasteiger partial charge in [0, 0.05) is 30.6 Å². The highest BCUT2D eigenvalue weighted by molar-refractivity contribution is 5.92. The van der Waals surface area contributed by atoms with Crippen LogP contribution in [0.3, 0.4) is 0 Å². The van der Waals surface area contributed by atoms with Crippen LogP contribution in [-0.2, 0) is 17.9 Å². The Bertz CT molecular complexity index is 998. The van der Waals surface area contributed by atoms with E-state index in [-0.39, 0.29) is 5.91 Å². The summed E-state index contributed by atoms with van der Waals surface area (Å²) in [5.41, 5.74) is 0.805. The molecule has 9 heteroatoms. The Labute approximate surface area is 155 Å². The normalized spacial score (nSPS) is 21.6. The quantitative estimate of drug-likeness (QED) is 0.677. The van der Waals surface area contributed by atoms with E-state index in [1.54, 1.807) is 30.3 Å². The molecule has 5 heterocycles. The molecule has 9 nitrogen and oxygen atoms in total. The number of aryl methyl sites for hydroxylation is 1. The van der Waals surface area contributed by atoms with Crippen LogP contribution in [0.1, 0.15) is 28.5 Å². The molecule has 0 aliphatic carbocycles. The lowest BCUT2D eigenvalue weighted by Gasteiger charge is -2.34. The molecular formula is C18H18N6O3. The van der Waals surface area contributed by atoms with Crippen LogP contribution >= 0.6 is 0 Å². The van der Waals surface area contributed by atoms with E-state index >= 15 is 0 Å². The van der Waals surface area contributed by atoms with Gasteiger partial charge in [0.15, 0.2) is 17.3 Å². The third-order valence-electron chi connectivity index (χ3n) is 5.15. The lowest BCUT2D eigenvalue weighted by atomic mass is 10.0. The van der Waals surface area contributed by atoms with Gasteiger partial charge in [-0.15, -0.1) is 10.2 Å². The summed E-state index contributed by atoms with van der Waals surface area (Å²) in [6, 6.07) is 5.50. The lowest BCUT2D eigenvalue weighted by molar-refractivity contribution is -0.0805. The van der Waals surface area contributed by atoms with Crippen LogP contribution in [-0.4, -0.2) is 54.4 Å². The number of amides is 1. The van der Waals surface area contributed by atoms with Crippen LogP contribution < -0.4 is 0 Å². The van der Waals surface area contributed by atoms with Gasteiger partial charge in [0.25, 0.3) is 5.91 Å². The van der Waals surface area contributed by atoms with Gasteiger partial charge in [-0.3, -0.25) is 9.78 Å². The second-order valence-electron chi connectivity index (χ2n) is 7.04. The maximum atomic E-state index is 12.7. The molecule has 0 saturated carbocycles. The molecule has 1 saturated heterocycles. The highest BCUT2D eigenvalue weighted by Crippen LogP contribution is 2.34. The summed E-state index contributed by atoms with van der Waals surface area (Å²) in [5.74, 6) is 2.06. The number of nitrogens with zero attached hydrogens (tertiary/aromatic N) is 6. The number of pyridine rings is 1. The molecule has 1 amide bonds. The molecule has 1 atom stereocenters. The van der Waals surface area contributed by atoms with Gasteiger partial charge >= 0.3 is 0 Å². The van der Waals surface area contributed by atoms with Gasteiger partial charge in [0.05, 0.1) is 13.1 Å². The van der Waals surface area contributed by atoms with E-state index in [0.717, 1.165) is 23.6 Å². The highest BCUT2D eigenvalue weighted by atomic mass is 16.5. The van der Waals surface area contributed by atoms with Crippen LogP contribution in [0.5, 0.6) is 0 Å². The van der Waals surface area contributed by atoms with Crippen LogP contribution in [0, 0.1) is 6.92 Å². The number of fused-ring (bicyclic) bond motifs is 1. The Hall–Kier alpha value is -3.07. The monoisotopic (exact) mass is 366 g/mol. The molecule has 0 N–H and O–H groups in total. The average Bonchev–Trinajstić information content (AvgIpc) is 3.41. The van der Waals surface area contributed by atoms with E-state index in [2.05, 4.69) is 24.9 Å². The number of carbonyl (C=O) groups is 1. The van der Waals surface area contributed by atoms with Gasteiger partial charge in [0.2, 0.25) is 0 Å². The first-order valence-corrected chi connectivity index (χ1v) is 8.83. The maximum absolute atomic E-state index is 12.7. The molecule has 138 valence electrons. The summed E-state index contributed by atoms with van der Waals surface area (Å²) in [7, 11) is 0. The largest absolute Gasteiger partial charge is 0.363 e. The molecular weight excluding hydrogens is 348 g/mol. The number of ether oxygens (including phenoxy) is 1. The van der Waals surface area contributed by atoms with Crippen LogP contribution in [0.15, 0.2) is 35.1 Å². The lowest BCUT2D eigenvalue weighted by Crippen LogP contribution is -2.45. The second-order valence-corrected chi connectivity index (χ2v) is 7.04. The minimum atomic E-state index is -0.444. The Morgan fingerprint density at radius 2 is 2.22 bits per heavy atom. The fourth-order valence-corrected chi connectivity index (χ4v) is 3.76. The van der Waals surface area contributed by atoms with Crippen molar-refractivity contribution in [2.24, 2.45) is 0 Å². The number of hydrogen-bond acceptors (Lipinski definition) is 7. The summed E-state index contributed by atoms with van der Waals surface area (Å²) in [4.78, 5) is 18.6. The van der Waals surface area contributed by atoms with Gasteiger partial charge in [-0.05, 0) is 25.5 Å². The Balaban J connectivity index is 1.39. The summed E-state index contributed by atoms with van der Waals surface area (Å²) in [6.07, 6.45) is 4.25. The van der Waals surface area contributed by atoms with E-state index in [1.165, 1.54) is 0 Å². The zero-order valence-electron chi connectivity index (χ0n) is 14.8. The second kappa shape index (κ2) is 5.98.